The van der Waals surface area contributed by atoms with Crippen LogP contribution in [0.25, 0.3) is 0 Å². The summed E-state index contributed by atoms with van der Waals surface area (Å²) in [6, 6.07) is 0. The van der Waals surface area contributed by atoms with Crippen LogP contribution in [-0.4, -0.2) is 91.8 Å². The van der Waals surface area contributed by atoms with Gasteiger partial charge >= 0.3 is 5.97 Å². The Morgan fingerprint density at radius 1 is 0.887 bits per heavy atom. The fourth-order valence-electron chi connectivity index (χ4n) is 15.6. The molecule has 344 valence electrons. The number of alkyl halides is 1. The highest BCUT2D eigenvalue weighted by atomic mass is 32.2. The first-order chi connectivity index (χ1) is 28.9. The van der Waals surface area contributed by atoms with Crippen LogP contribution in [0.3, 0.4) is 0 Å². The van der Waals surface area contributed by atoms with Crippen LogP contribution < -0.4 is 22.5 Å². The zero-order valence-corrected chi connectivity index (χ0v) is 39.4. The van der Waals surface area contributed by atoms with E-state index in [1.807, 2.05) is 12.2 Å². The summed E-state index contributed by atoms with van der Waals surface area (Å²) in [5.74, 6) is -0.237. The number of nitrogens with one attached hydrogen (secondary N) is 1. The number of esters is 1. The quantitative estimate of drug-likeness (QED) is 0.142. The van der Waals surface area contributed by atoms with Gasteiger partial charge in [-0.15, -0.1) is 0 Å². The van der Waals surface area contributed by atoms with E-state index in [2.05, 4.69) is 71.7 Å². The second-order valence-corrected chi connectivity index (χ2v) is 25.0. The molecule has 62 heavy (non-hydrogen) atoms. The van der Waals surface area contributed by atoms with Gasteiger partial charge in [0.25, 0.3) is 0 Å². The summed E-state index contributed by atoms with van der Waals surface area (Å²) < 4.78 is 44.9. The largest absolute Gasteiger partial charge is 0.461 e. The lowest BCUT2D eigenvalue weighted by Crippen LogP contribution is -2.88. The van der Waals surface area contributed by atoms with Gasteiger partial charge in [-0.05, 0) is 130 Å². The highest BCUT2D eigenvalue weighted by molar-refractivity contribution is 7.91. The van der Waals surface area contributed by atoms with Gasteiger partial charge in [0, 0.05) is 52.0 Å². The van der Waals surface area contributed by atoms with Crippen LogP contribution in [0.2, 0.25) is 0 Å². The first-order valence-electron chi connectivity index (χ1n) is 23.7. The third-order valence-electron chi connectivity index (χ3n) is 20.2. The van der Waals surface area contributed by atoms with Gasteiger partial charge in [0.05, 0.1) is 23.5 Å². The molecule has 4 saturated carbocycles. The number of nitrogens with zero attached hydrogens (tertiary/aromatic N) is 1. The van der Waals surface area contributed by atoms with Gasteiger partial charge in [-0.2, -0.15) is 0 Å². The number of hydrogen-bond acceptors (Lipinski definition) is 9. The van der Waals surface area contributed by atoms with Crippen molar-refractivity contribution in [2.45, 2.75) is 154 Å². The molecule has 0 aromatic heterocycles. The Bertz CT molecular complexity index is 2120. The molecule has 0 bridgehead atoms. The summed E-state index contributed by atoms with van der Waals surface area (Å²) in [5, 5.41) is 3.83. The molecule has 3 unspecified atom stereocenters. The highest BCUT2D eigenvalue weighted by Gasteiger charge is 2.80. The van der Waals surface area contributed by atoms with E-state index < -0.39 is 55.3 Å². The molecule has 0 aromatic rings. The number of fused-ring (bicyclic) bond motifs is 7. The minimum atomic E-state index is -3.10. The van der Waals surface area contributed by atoms with Crippen molar-refractivity contribution < 1.29 is 27.1 Å². The summed E-state index contributed by atoms with van der Waals surface area (Å²) >= 11 is 0. The molecule has 10 atom stereocenters. The van der Waals surface area contributed by atoms with Gasteiger partial charge in [0.2, 0.25) is 5.91 Å². The number of carbonyl (C=O) groups excluding carboxylic acids is 2. The van der Waals surface area contributed by atoms with E-state index in [-0.39, 0.29) is 71.9 Å². The Hall–Kier alpha value is -2.64. The van der Waals surface area contributed by atoms with Crippen molar-refractivity contribution in [3.8, 4) is 0 Å². The third kappa shape index (κ3) is 6.28. The Kier molecular flexibility index (Phi) is 11.3. The molecule has 8 aliphatic rings. The minimum absolute atomic E-state index is 0.0135. The number of sulfone groups is 1. The maximum Gasteiger partial charge on any atom is 0.315 e. The summed E-state index contributed by atoms with van der Waals surface area (Å²) in [4.78, 5) is 28.8. The van der Waals surface area contributed by atoms with E-state index in [0.29, 0.717) is 25.7 Å². The maximum atomic E-state index is 14.9. The van der Waals surface area contributed by atoms with Crippen molar-refractivity contribution in [2.75, 3.05) is 44.4 Å². The second kappa shape index (κ2) is 15.2. The molecule has 1 saturated heterocycles. The van der Waals surface area contributed by atoms with Crippen LogP contribution in [0.15, 0.2) is 59.3 Å². The number of hydrogen-bond donors (Lipinski definition) is 4. The van der Waals surface area contributed by atoms with Crippen LogP contribution in [0.1, 0.15) is 131 Å². The van der Waals surface area contributed by atoms with E-state index in [1.54, 1.807) is 4.90 Å². The first kappa shape index (κ1) is 45.9. The first-order valence-corrected chi connectivity index (χ1v) is 25.5. The van der Waals surface area contributed by atoms with Crippen LogP contribution in [0.5, 0.6) is 0 Å². The molecular formula is C50H76FN5O5S. The average Bonchev–Trinajstić information content (AvgIpc) is 3.65. The minimum Gasteiger partial charge on any atom is -0.461 e. The van der Waals surface area contributed by atoms with Crippen LogP contribution in [0.4, 0.5) is 4.39 Å². The van der Waals surface area contributed by atoms with Crippen molar-refractivity contribution in [1.82, 2.24) is 10.2 Å². The van der Waals surface area contributed by atoms with Crippen molar-refractivity contribution in [2.24, 2.45) is 56.1 Å². The SMILES string of the molecule is C=C(C)[C@@H]1CCC2(NCC(=O)N3CCS(=O)(=O)CC3)CC[C@]3(C)C(N)(CC[C@]4(N)C5(C)CC=C(C6=CC[C@](CF)(C(=O)OCC7=CC=CCC7)CC6)C(C)(C)[C@]5(N)CC[C@@]34C)[C@@H]12. The molecule has 7 N–H and O–H groups in total. The molecule has 0 aromatic carbocycles. The Labute approximate surface area is 371 Å². The zero-order valence-electron chi connectivity index (χ0n) is 38.6. The van der Waals surface area contributed by atoms with Gasteiger partial charge < -0.3 is 32.2 Å². The van der Waals surface area contributed by atoms with Crippen LogP contribution in [0, 0.1) is 38.9 Å². The Morgan fingerprint density at radius 2 is 1.58 bits per heavy atom. The van der Waals surface area contributed by atoms with Crippen LogP contribution >= 0.6 is 0 Å². The van der Waals surface area contributed by atoms with Crippen molar-refractivity contribution >= 4 is 21.7 Å². The molecule has 1 amide bonds. The molecule has 5 fully saturated rings. The highest BCUT2D eigenvalue weighted by Crippen LogP contribution is 2.78. The molecule has 8 rings (SSSR count). The van der Waals surface area contributed by atoms with Crippen molar-refractivity contribution in [3.05, 3.63) is 59.3 Å². The van der Waals surface area contributed by atoms with Gasteiger partial charge in [-0.1, -0.05) is 77.2 Å². The fraction of sp³-hybridized carbons (Fsp3) is 0.760. The standard InChI is InChI=1S/C50H76FN5O5S/c1-34(2)37-15-20-47(55-31-39(57)56-27-29-62(59,60)30-28-56)23-21-43(5)44(6)22-25-49(53)42(3,4)38(16-17-45(49,7)50(44,54)26-24-48(43,52)40(37)47)36-13-18-46(33-51,19-14-36)41(58)61-32-35-11-9-8-10-12-35/h8-9,11,13,16,37,40,55H,1,10,12,14-15,17-33,52-54H2,2-7H3/t37-,40-,43-,44-,45?,46-,47?,48?,49+,50+/m0/s1. The number of carbonyl (C=O) groups is 2. The summed E-state index contributed by atoms with van der Waals surface area (Å²) in [7, 11) is -3.10. The lowest BCUT2D eigenvalue weighted by Gasteiger charge is -2.80. The number of halogens is 1. The third-order valence-corrected chi connectivity index (χ3v) is 21.8. The number of rotatable bonds is 9. The predicted molar refractivity (Wildman–Crippen MR) is 244 cm³/mol. The molecule has 10 nitrogen and oxygen atoms in total. The van der Waals surface area contributed by atoms with Crippen LogP contribution in [-0.2, 0) is 24.2 Å². The number of nitrogens with two attached hydrogens (primary N) is 3. The van der Waals surface area contributed by atoms with Crippen molar-refractivity contribution in [1.29, 1.82) is 0 Å². The maximum absolute atomic E-state index is 14.9. The number of amides is 1. The molecule has 7 aliphatic carbocycles. The lowest BCUT2D eigenvalue weighted by atomic mass is 9.27. The predicted octanol–water partition coefficient (Wildman–Crippen LogP) is 6.91. The number of ether oxygens (including phenoxy) is 1. The Balaban J connectivity index is 1.06. The van der Waals surface area contributed by atoms with E-state index in [9.17, 15) is 22.4 Å². The van der Waals surface area contributed by atoms with Gasteiger partial charge in [-0.3, -0.25) is 9.59 Å². The molecule has 0 radical (unpaired) electrons. The summed E-state index contributed by atoms with van der Waals surface area (Å²) in [6.45, 7) is 18.5. The molecule has 0 spiro atoms. The van der Waals surface area contributed by atoms with Crippen molar-refractivity contribution in [3.63, 3.8) is 0 Å². The Morgan fingerprint density at radius 3 is 2.21 bits per heavy atom. The normalized spacial score (nSPS) is 44.4. The molecule has 1 heterocycles. The van der Waals surface area contributed by atoms with Gasteiger partial charge in [0.15, 0.2) is 9.84 Å². The molecule has 1 aliphatic heterocycles. The average molecular weight is 878 g/mol. The van der Waals surface area contributed by atoms with Gasteiger partial charge in [0.1, 0.15) is 13.3 Å². The zero-order chi connectivity index (χ0) is 45.0. The fourth-order valence-corrected chi connectivity index (χ4v) is 16.8. The lowest BCUT2D eigenvalue weighted by molar-refractivity contribution is -0.246. The topological polar surface area (TPSA) is 171 Å². The van der Waals surface area contributed by atoms with E-state index >= 15 is 0 Å². The molecule has 12 heteroatoms. The summed E-state index contributed by atoms with van der Waals surface area (Å²) in [5.41, 5.74) is 23.8. The molecular weight excluding hydrogens is 802 g/mol. The number of allylic oxidation sites excluding steroid dienone is 7. The van der Waals surface area contributed by atoms with Gasteiger partial charge in [-0.25, -0.2) is 12.8 Å². The smallest absolute Gasteiger partial charge is 0.315 e. The van der Waals surface area contributed by atoms with E-state index in [0.717, 1.165) is 80.9 Å². The second-order valence-electron chi connectivity index (χ2n) is 22.7. The summed E-state index contributed by atoms with van der Waals surface area (Å²) in [6.07, 6.45) is 20.9. The van der Waals surface area contributed by atoms with E-state index in [1.165, 1.54) is 5.57 Å². The monoisotopic (exact) mass is 878 g/mol. The van der Waals surface area contributed by atoms with E-state index in [4.69, 9.17) is 21.9 Å².